The van der Waals surface area contributed by atoms with Gasteiger partial charge in [-0.1, -0.05) is 11.6 Å². The molecule has 9 heteroatoms. The highest BCUT2D eigenvalue weighted by Crippen LogP contribution is 2.25. The van der Waals surface area contributed by atoms with Crippen molar-refractivity contribution in [1.29, 1.82) is 0 Å². The first-order chi connectivity index (χ1) is 11.3. The first kappa shape index (κ1) is 18.1. The van der Waals surface area contributed by atoms with Gasteiger partial charge in [-0.05, 0) is 25.0 Å². The predicted octanol–water partition coefficient (Wildman–Crippen LogP) is 1.47. The molecule has 3 rings (SSSR count). The fourth-order valence-corrected chi connectivity index (χ4v) is 5.53. The number of halogens is 1. The van der Waals surface area contributed by atoms with E-state index < -0.39 is 16.1 Å². The monoisotopic (exact) mass is 391 g/mol. The first-order valence-electron chi connectivity index (χ1n) is 8.07. The maximum atomic E-state index is 12.8. The van der Waals surface area contributed by atoms with Gasteiger partial charge in [0.05, 0.1) is 10.6 Å². The van der Waals surface area contributed by atoms with Crippen LogP contribution in [0.5, 0.6) is 0 Å². The smallest absolute Gasteiger partial charge is 0.242 e. The van der Waals surface area contributed by atoms with Crippen LogP contribution in [0.3, 0.4) is 0 Å². The van der Waals surface area contributed by atoms with Crippen LogP contribution in [-0.4, -0.2) is 73.5 Å². The second kappa shape index (κ2) is 7.29. The van der Waals surface area contributed by atoms with E-state index in [0.29, 0.717) is 26.2 Å². The molecule has 2 aliphatic heterocycles. The Balaban J connectivity index is 1.75. The molecule has 0 aliphatic carbocycles. The zero-order valence-electron chi connectivity index (χ0n) is 13.6. The molecule has 6 nitrogen and oxygen atoms in total. The van der Waals surface area contributed by atoms with Crippen molar-refractivity contribution in [2.45, 2.75) is 25.4 Å². The van der Waals surface area contributed by atoms with Crippen LogP contribution >= 0.6 is 22.9 Å². The Morgan fingerprint density at radius 3 is 2.54 bits per heavy atom. The molecular formula is C15H22ClN3O3S2. The van der Waals surface area contributed by atoms with Crippen LogP contribution in [0, 0.1) is 0 Å². The summed E-state index contributed by atoms with van der Waals surface area (Å²) in [4.78, 5) is 17.9. The van der Waals surface area contributed by atoms with E-state index in [1.165, 1.54) is 21.9 Å². The van der Waals surface area contributed by atoms with Crippen molar-refractivity contribution in [3.8, 4) is 0 Å². The van der Waals surface area contributed by atoms with Gasteiger partial charge in [0, 0.05) is 44.1 Å². The van der Waals surface area contributed by atoms with Gasteiger partial charge < -0.3 is 4.90 Å². The summed E-state index contributed by atoms with van der Waals surface area (Å²) in [5.74, 6) is -0.0631. The SMILES string of the molecule is CS(=O)(=O)N1CCN(Cc2ccc(Cl)s2)CC1C(=O)N1CCCC1. The van der Waals surface area contributed by atoms with Crippen LogP contribution in [0.1, 0.15) is 17.7 Å². The molecular weight excluding hydrogens is 370 g/mol. The van der Waals surface area contributed by atoms with E-state index >= 15 is 0 Å². The molecule has 2 aliphatic rings. The fourth-order valence-electron chi connectivity index (χ4n) is 3.37. The van der Waals surface area contributed by atoms with Crippen molar-refractivity contribution in [2.24, 2.45) is 0 Å². The highest BCUT2D eigenvalue weighted by Gasteiger charge is 2.39. The molecule has 134 valence electrons. The van der Waals surface area contributed by atoms with Gasteiger partial charge in [0.25, 0.3) is 0 Å². The molecule has 1 amide bonds. The Labute approximate surface area is 152 Å². The molecule has 0 spiro atoms. The van der Waals surface area contributed by atoms with Gasteiger partial charge in [-0.2, -0.15) is 4.31 Å². The van der Waals surface area contributed by atoms with Crippen LogP contribution in [0.4, 0.5) is 0 Å². The lowest BCUT2D eigenvalue weighted by Crippen LogP contribution is -2.60. The molecule has 1 atom stereocenters. The minimum absolute atomic E-state index is 0.0631. The van der Waals surface area contributed by atoms with Crippen molar-refractivity contribution in [3.05, 3.63) is 21.3 Å². The molecule has 0 bridgehead atoms. The maximum absolute atomic E-state index is 12.8. The Morgan fingerprint density at radius 1 is 1.25 bits per heavy atom. The molecule has 1 aromatic heterocycles. The number of nitrogens with zero attached hydrogens (tertiary/aromatic N) is 3. The fraction of sp³-hybridized carbons (Fsp3) is 0.667. The molecule has 2 saturated heterocycles. The van der Waals surface area contributed by atoms with E-state index in [9.17, 15) is 13.2 Å². The highest BCUT2D eigenvalue weighted by molar-refractivity contribution is 7.88. The number of carbonyl (C=O) groups is 1. The molecule has 0 aromatic carbocycles. The molecule has 1 unspecified atom stereocenters. The summed E-state index contributed by atoms with van der Waals surface area (Å²) in [7, 11) is -3.40. The highest BCUT2D eigenvalue weighted by atomic mass is 35.5. The number of likely N-dealkylation sites (tertiary alicyclic amines) is 1. The van der Waals surface area contributed by atoms with E-state index in [1.807, 2.05) is 12.1 Å². The van der Waals surface area contributed by atoms with Crippen molar-refractivity contribution < 1.29 is 13.2 Å². The van der Waals surface area contributed by atoms with Crippen molar-refractivity contribution in [3.63, 3.8) is 0 Å². The second-order valence-electron chi connectivity index (χ2n) is 6.36. The van der Waals surface area contributed by atoms with Crippen LogP contribution < -0.4 is 0 Å². The van der Waals surface area contributed by atoms with E-state index in [1.54, 1.807) is 4.90 Å². The summed E-state index contributed by atoms with van der Waals surface area (Å²) in [6.07, 6.45) is 3.18. The third-order valence-corrected chi connectivity index (χ3v) is 7.06. The van der Waals surface area contributed by atoms with E-state index in [2.05, 4.69) is 4.90 Å². The summed E-state index contributed by atoms with van der Waals surface area (Å²) >= 11 is 7.50. The number of rotatable bonds is 4. The van der Waals surface area contributed by atoms with E-state index in [0.717, 1.165) is 35.1 Å². The minimum atomic E-state index is -3.40. The number of hydrogen-bond donors (Lipinski definition) is 0. The third kappa shape index (κ3) is 4.11. The Hall–Kier alpha value is -0.670. The van der Waals surface area contributed by atoms with Gasteiger partial charge in [-0.25, -0.2) is 8.42 Å². The van der Waals surface area contributed by atoms with Gasteiger partial charge in [0.1, 0.15) is 6.04 Å². The predicted molar refractivity (Wildman–Crippen MR) is 95.8 cm³/mol. The van der Waals surface area contributed by atoms with Crippen molar-refractivity contribution >= 4 is 38.9 Å². The average molecular weight is 392 g/mol. The van der Waals surface area contributed by atoms with Crippen LogP contribution in [-0.2, 0) is 21.4 Å². The number of amides is 1. The molecule has 2 fully saturated rings. The summed E-state index contributed by atoms with van der Waals surface area (Å²) in [6.45, 7) is 3.55. The van der Waals surface area contributed by atoms with Crippen LogP contribution in [0.2, 0.25) is 4.34 Å². The lowest BCUT2D eigenvalue weighted by Gasteiger charge is -2.40. The Bertz CT molecular complexity index is 701. The van der Waals surface area contributed by atoms with Gasteiger partial charge in [-0.15, -0.1) is 11.3 Å². The molecule has 0 saturated carbocycles. The minimum Gasteiger partial charge on any atom is -0.341 e. The largest absolute Gasteiger partial charge is 0.341 e. The summed E-state index contributed by atoms with van der Waals surface area (Å²) < 4.78 is 26.3. The summed E-state index contributed by atoms with van der Waals surface area (Å²) in [6, 6.07) is 3.22. The van der Waals surface area contributed by atoms with Crippen LogP contribution in [0.25, 0.3) is 0 Å². The van der Waals surface area contributed by atoms with Gasteiger partial charge >= 0.3 is 0 Å². The second-order valence-corrected chi connectivity index (χ2v) is 10.1. The van der Waals surface area contributed by atoms with Crippen molar-refractivity contribution in [1.82, 2.24) is 14.1 Å². The normalized spacial score (nSPS) is 23.8. The molecule has 3 heterocycles. The topological polar surface area (TPSA) is 60.9 Å². The van der Waals surface area contributed by atoms with Gasteiger partial charge in [0.15, 0.2) is 0 Å². The summed E-state index contributed by atoms with van der Waals surface area (Å²) in [5, 5.41) is 0. The Kier molecular flexibility index (Phi) is 5.51. The molecule has 1 aromatic rings. The number of piperazine rings is 1. The molecule has 0 N–H and O–H groups in total. The van der Waals surface area contributed by atoms with Crippen molar-refractivity contribution in [2.75, 3.05) is 39.0 Å². The zero-order chi connectivity index (χ0) is 17.3. The van der Waals surface area contributed by atoms with Crippen LogP contribution in [0.15, 0.2) is 12.1 Å². The third-order valence-electron chi connectivity index (χ3n) is 4.55. The van der Waals surface area contributed by atoms with E-state index in [4.69, 9.17) is 11.6 Å². The van der Waals surface area contributed by atoms with Gasteiger partial charge in [0.2, 0.25) is 15.9 Å². The number of sulfonamides is 1. The number of hydrogen-bond acceptors (Lipinski definition) is 5. The lowest BCUT2D eigenvalue weighted by molar-refractivity contribution is -0.136. The Morgan fingerprint density at radius 2 is 1.96 bits per heavy atom. The molecule has 0 radical (unpaired) electrons. The number of carbonyl (C=O) groups excluding carboxylic acids is 1. The van der Waals surface area contributed by atoms with Gasteiger partial charge in [-0.3, -0.25) is 9.69 Å². The average Bonchev–Trinajstić information content (AvgIpc) is 3.17. The maximum Gasteiger partial charge on any atom is 0.242 e. The zero-order valence-corrected chi connectivity index (χ0v) is 16.0. The number of thiophene rings is 1. The lowest BCUT2D eigenvalue weighted by atomic mass is 10.1. The summed E-state index contributed by atoms with van der Waals surface area (Å²) in [5.41, 5.74) is 0. The van der Waals surface area contributed by atoms with E-state index in [-0.39, 0.29) is 5.91 Å². The standard InChI is InChI=1S/C15H22ClN3O3S2/c1-24(21,22)19-9-8-17(10-12-4-5-14(16)23-12)11-13(19)15(20)18-6-2-3-7-18/h4-5,13H,2-3,6-11H2,1H3. The molecule has 24 heavy (non-hydrogen) atoms. The first-order valence-corrected chi connectivity index (χ1v) is 11.1. The quantitative estimate of drug-likeness (QED) is 0.779.